The SMILES string of the molecule is Cc1ccc(-c2csc(NC(=O)CN3CCN(CC(=O)N4CCCC4)CC3)n2)cc1. The van der Waals surface area contributed by atoms with Gasteiger partial charge in [-0.1, -0.05) is 29.8 Å². The maximum atomic E-state index is 12.4. The number of hydrogen-bond donors (Lipinski definition) is 1. The largest absolute Gasteiger partial charge is 0.342 e. The van der Waals surface area contributed by atoms with Gasteiger partial charge in [0.15, 0.2) is 5.13 Å². The van der Waals surface area contributed by atoms with Crippen molar-refractivity contribution in [3.63, 3.8) is 0 Å². The predicted molar refractivity (Wildman–Crippen MR) is 120 cm³/mol. The summed E-state index contributed by atoms with van der Waals surface area (Å²) in [5.41, 5.74) is 3.14. The lowest BCUT2D eigenvalue weighted by atomic mass is 10.1. The molecule has 3 heterocycles. The number of rotatable bonds is 6. The van der Waals surface area contributed by atoms with Crippen molar-refractivity contribution in [2.24, 2.45) is 0 Å². The van der Waals surface area contributed by atoms with Gasteiger partial charge in [0.05, 0.1) is 18.8 Å². The minimum absolute atomic E-state index is 0.0404. The van der Waals surface area contributed by atoms with Gasteiger partial charge in [0.2, 0.25) is 11.8 Å². The molecule has 0 spiro atoms. The van der Waals surface area contributed by atoms with Crippen molar-refractivity contribution in [1.82, 2.24) is 19.7 Å². The van der Waals surface area contributed by atoms with Crippen LogP contribution in [0.2, 0.25) is 0 Å². The number of aryl methyl sites for hydroxylation is 1. The van der Waals surface area contributed by atoms with E-state index in [-0.39, 0.29) is 11.8 Å². The quantitative estimate of drug-likeness (QED) is 0.766. The Morgan fingerprint density at radius 1 is 0.967 bits per heavy atom. The summed E-state index contributed by atoms with van der Waals surface area (Å²) < 4.78 is 0. The lowest BCUT2D eigenvalue weighted by Gasteiger charge is -2.34. The highest BCUT2D eigenvalue weighted by Gasteiger charge is 2.24. The Morgan fingerprint density at radius 2 is 1.60 bits per heavy atom. The molecule has 1 N–H and O–H groups in total. The lowest BCUT2D eigenvalue weighted by Crippen LogP contribution is -2.51. The molecule has 160 valence electrons. The smallest absolute Gasteiger partial charge is 0.240 e. The lowest BCUT2D eigenvalue weighted by molar-refractivity contribution is -0.132. The van der Waals surface area contributed by atoms with E-state index < -0.39 is 0 Å². The van der Waals surface area contributed by atoms with Crippen LogP contribution >= 0.6 is 11.3 Å². The Labute approximate surface area is 181 Å². The van der Waals surface area contributed by atoms with Gasteiger partial charge in [-0.2, -0.15) is 0 Å². The highest BCUT2D eigenvalue weighted by atomic mass is 32.1. The molecule has 0 unspecified atom stereocenters. The molecule has 0 bridgehead atoms. The third kappa shape index (κ3) is 5.44. The molecule has 8 heteroatoms. The second-order valence-electron chi connectivity index (χ2n) is 8.09. The zero-order valence-corrected chi connectivity index (χ0v) is 18.3. The van der Waals surface area contributed by atoms with E-state index in [0.29, 0.717) is 18.2 Å². The van der Waals surface area contributed by atoms with Crippen LogP contribution in [0.25, 0.3) is 11.3 Å². The minimum Gasteiger partial charge on any atom is -0.342 e. The molecular formula is C22H29N5O2S. The number of carbonyl (C=O) groups is 2. The Balaban J connectivity index is 1.21. The van der Waals surface area contributed by atoms with Crippen molar-refractivity contribution in [2.45, 2.75) is 19.8 Å². The summed E-state index contributed by atoms with van der Waals surface area (Å²) in [6.45, 7) is 7.96. The fraction of sp³-hybridized carbons (Fsp3) is 0.500. The van der Waals surface area contributed by atoms with Crippen LogP contribution in [-0.4, -0.2) is 83.9 Å². The number of likely N-dealkylation sites (tertiary alicyclic amines) is 1. The summed E-state index contributed by atoms with van der Waals surface area (Å²) in [5.74, 6) is 0.202. The molecule has 0 aliphatic carbocycles. The predicted octanol–water partition coefficient (Wildman–Crippen LogP) is 2.30. The summed E-state index contributed by atoms with van der Waals surface area (Å²) >= 11 is 1.45. The van der Waals surface area contributed by atoms with Gasteiger partial charge in [0.1, 0.15) is 0 Å². The molecule has 1 aromatic carbocycles. The molecule has 2 saturated heterocycles. The van der Waals surface area contributed by atoms with E-state index in [1.54, 1.807) is 0 Å². The number of piperazine rings is 1. The van der Waals surface area contributed by atoms with E-state index in [1.807, 2.05) is 22.4 Å². The van der Waals surface area contributed by atoms with Crippen molar-refractivity contribution in [3.05, 3.63) is 35.2 Å². The Morgan fingerprint density at radius 3 is 2.27 bits per heavy atom. The third-order valence-electron chi connectivity index (χ3n) is 5.75. The van der Waals surface area contributed by atoms with E-state index in [4.69, 9.17) is 0 Å². The van der Waals surface area contributed by atoms with Crippen molar-refractivity contribution in [2.75, 3.05) is 57.7 Å². The monoisotopic (exact) mass is 427 g/mol. The Bertz CT molecular complexity index is 868. The van der Waals surface area contributed by atoms with Crippen LogP contribution in [0.1, 0.15) is 18.4 Å². The molecule has 30 heavy (non-hydrogen) atoms. The number of nitrogens with zero attached hydrogens (tertiary/aromatic N) is 4. The fourth-order valence-corrected chi connectivity index (χ4v) is 4.65. The zero-order valence-electron chi connectivity index (χ0n) is 17.5. The van der Waals surface area contributed by atoms with E-state index >= 15 is 0 Å². The van der Waals surface area contributed by atoms with Crippen molar-refractivity contribution in [1.29, 1.82) is 0 Å². The molecule has 0 atom stereocenters. The highest BCUT2D eigenvalue weighted by Crippen LogP contribution is 2.25. The van der Waals surface area contributed by atoms with E-state index in [0.717, 1.165) is 63.4 Å². The summed E-state index contributed by atoms with van der Waals surface area (Å²) in [4.78, 5) is 35.6. The van der Waals surface area contributed by atoms with Crippen LogP contribution in [-0.2, 0) is 9.59 Å². The minimum atomic E-state index is -0.0404. The number of anilines is 1. The summed E-state index contributed by atoms with van der Waals surface area (Å²) in [6, 6.07) is 8.21. The number of amides is 2. The average Bonchev–Trinajstić information content (AvgIpc) is 3.42. The average molecular weight is 428 g/mol. The van der Waals surface area contributed by atoms with Gasteiger partial charge in [-0.15, -0.1) is 11.3 Å². The van der Waals surface area contributed by atoms with Crippen LogP contribution in [0.3, 0.4) is 0 Å². The third-order valence-corrected chi connectivity index (χ3v) is 6.51. The zero-order chi connectivity index (χ0) is 20.9. The van der Waals surface area contributed by atoms with Crippen molar-refractivity contribution < 1.29 is 9.59 Å². The summed E-state index contributed by atoms with van der Waals surface area (Å²) in [5, 5.41) is 5.52. The normalized spacial score (nSPS) is 18.0. The second kappa shape index (κ2) is 9.68. The standard InChI is InChI=1S/C22H29N5O2S/c1-17-4-6-18(7-5-17)19-16-30-22(23-19)24-20(28)14-25-10-12-26(13-11-25)15-21(29)27-8-2-3-9-27/h4-7,16H,2-3,8-15H2,1H3,(H,23,24,28). The summed E-state index contributed by atoms with van der Waals surface area (Å²) in [7, 11) is 0. The highest BCUT2D eigenvalue weighted by molar-refractivity contribution is 7.14. The molecule has 0 radical (unpaired) electrons. The molecule has 4 rings (SSSR count). The van der Waals surface area contributed by atoms with Crippen LogP contribution in [0.4, 0.5) is 5.13 Å². The van der Waals surface area contributed by atoms with Crippen LogP contribution in [0.5, 0.6) is 0 Å². The van der Waals surface area contributed by atoms with Gasteiger partial charge in [-0.05, 0) is 19.8 Å². The first kappa shape index (κ1) is 21.0. The second-order valence-corrected chi connectivity index (χ2v) is 8.95. The molecule has 2 aliphatic rings. The van der Waals surface area contributed by atoms with Gasteiger partial charge in [0.25, 0.3) is 0 Å². The molecule has 7 nitrogen and oxygen atoms in total. The number of carbonyl (C=O) groups excluding carboxylic acids is 2. The number of hydrogen-bond acceptors (Lipinski definition) is 6. The first-order valence-electron chi connectivity index (χ1n) is 10.6. The van der Waals surface area contributed by atoms with E-state index in [2.05, 4.69) is 39.2 Å². The number of thiazole rings is 1. The van der Waals surface area contributed by atoms with Crippen LogP contribution in [0.15, 0.2) is 29.6 Å². The maximum Gasteiger partial charge on any atom is 0.240 e. The molecule has 2 amide bonds. The number of aromatic nitrogens is 1. The van der Waals surface area contributed by atoms with Gasteiger partial charge < -0.3 is 10.2 Å². The first-order chi connectivity index (χ1) is 14.6. The van der Waals surface area contributed by atoms with Gasteiger partial charge in [0, 0.05) is 50.2 Å². The van der Waals surface area contributed by atoms with Gasteiger partial charge in [-0.25, -0.2) is 4.98 Å². The molecule has 2 aliphatic heterocycles. The van der Waals surface area contributed by atoms with E-state index in [9.17, 15) is 9.59 Å². The van der Waals surface area contributed by atoms with Gasteiger partial charge >= 0.3 is 0 Å². The molecular weight excluding hydrogens is 398 g/mol. The topological polar surface area (TPSA) is 68.8 Å². The van der Waals surface area contributed by atoms with Gasteiger partial charge in [-0.3, -0.25) is 19.4 Å². The van der Waals surface area contributed by atoms with Crippen LogP contribution < -0.4 is 5.32 Å². The Hall–Kier alpha value is -2.29. The number of benzene rings is 1. The maximum absolute atomic E-state index is 12.4. The van der Waals surface area contributed by atoms with E-state index in [1.165, 1.54) is 16.9 Å². The van der Waals surface area contributed by atoms with Crippen molar-refractivity contribution >= 4 is 28.3 Å². The molecule has 2 fully saturated rings. The first-order valence-corrected chi connectivity index (χ1v) is 11.5. The molecule has 1 aromatic heterocycles. The number of nitrogens with one attached hydrogen (secondary N) is 1. The van der Waals surface area contributed by atoms with Crippen LogP contribution in [0, 0.1) is 6.92 Å². The van der Waals surface area contributed by atoms with Crippen molar-refractivity contribution in [3.8, 4) is 11.3 Å². The molecule has 2 aromatic rings. The Kier molecular flexibility index (Phi) is 6.76. The molecule has 0 saturated carbocycles. The fourth-order valence-electron chi connectivity index (χ4n) is 3.91. The summed E-state index contributed by atoms with van der Waals surface area (Å²) in [6.07, 6.45) is 2.25.